The van der Waals surface area contributed by atoms with Crippen LogP contribution in [0.2, 0.25) is 0 Å². The molecule has 0 bridgehead atoms. The van der Waals surface area contributed by atoms with Gasteiger partial charge in [0.05, 0.1) is 12.2 Å². The molecule has 1 aromatic heterocycles. The number of hydrogen-bond acceptors (Lipinski definition) is 4. The number of nitrogens with one attached hydrogen (secondary N) is 1. The van der Waals surface area contributed by atoms with Crippen molar-refractivity contribution < 1.29 is 18.1 Å². The lowest BCUT2D eigenvalue weighted by molar-refractivity contribution is 0.220. The highest BCUT2D eigenvalue weighted by atomic mass is 32.2. The van der Waals surface area contributed by atoms with Crippen LogP contribution in [0.25, 0.3) is 0 Å². The number of benzene rings is 1. The molecule has 1 N–H and O–H groups in total. The summed E-state index contributed by atoms with van der Waals surface area (Å²) >= 11 is 0.437. The quantitative estimate of drug-likeness (QED) is 0.825. The van der Waals surface area contributed by atoms with Gasteiger partial charge in [-0.2, -0.15) is 8.78 Å². The Balaban J connectivity index is 2.01. The third kappa shape index (κ3) is 4.69. The van der Waals surface area contributed by atoms with E-state index in [0.717, 1.165) is 11.3 Å². The second-order valence-corrected chi connectivity index (χ2v) is 6.06. The van der Waals surface area contributed by atoms with Crippen LogP contribution in [0.4, 0.5) is 19.3 Å². The number of carbonyl (C=O) groups excluding carboxylic acids is 1. The maximum absolute atomic E-state index is 12.4. The first-order valence-electron chi connectivity index (χ1n) is 6.85. The molecule has 0 atom stereocenters. The van der Waals surface area contributed by atoms with Crippen LogP contribution in [0.5, 0.6) is 0 Å². The van der Waals surface area contributed by atoms with Crippen molar-refractivity contribution in [1.29, 1.82) is 0 Å². The second kappa shape index (κ2) is 7.45. The van der Waals surface area contributed by atoms with Gasteiger partial charge in [-0.3, -0.25) is 0 Å². The van der Waals surface area contributed by atoms with E-state index in [1.54, 1.807) is 32.2 Å². The fourth-order valence-corrected chi connectivity index (χ4v) is 2.56. The molecule has 0 aliphatic rings. The Labute approximate surface area is 137 Å². The Morgan fingerprint density at radius 2 is 2.17 bits per heavy atom. The summed E-state index contributed by atoms with van der Waals surface area (Å²) in [4.78, 5) is 14.1. The van der Waals surface area contributed by atoms with Gasteiger partial charge in [0.2, 0.25) is 0 Å². The van der Waals surface area contributed by atoms with Crippen LogP contribution in [-0.4, -0.2) is 28.9 Å². The lowest BCUT2D eigenvalue weighted by Crippen LogP contribution is -2.31. The molecule has 8 heteroatoms. The van der Waals surface area contributed by atoms with Crippen molar-refractivity contribution >= 4 is 23.5 Å². The summed E-state index contributed by atoms with van der Waals surface area (Å²) in [6, 6.07) is 6.01. The molecule has 5 nitrogen and oxygen atoms in total. The van der Waals surface area contributed by atoms with Crippen molar-refractivity contribution in [2.45, 2.75) is 31.0 Å². The van der Waals surface area contributed by atoms with Crippen LogP contribution in [-0.2, 0) is 6.54 Å². The number of anilines is 1. The van der Waals surface area contributed by atoms with E-state index in [-0.39, 0.29) is 6.03 Å². The van der Waals surface area contributed by atoms with Crippen molar-refractivity contribution in [3.05, 3.63) is 41.3 Å². The number of urea groups is 1. The zero-order chi connectivity index (χ0) is 17.0. The Kier molecular flexibility index (Phi) is 5.59. The van der Waals surface area contributed by atoms with E-state index in [9.17, 15) is 13.6 Å². The highest BCUT2D eigenvalue weighted by Gasteiger charge is 2.16. The molecule has 0 aliphatic heterocycles. The van der Waals surface area contributed by atoms with Gasteiger partial charge in [-0.05, 0) is 32.0 Å². The number of thioether (sulfide) groups is 1. The average Bonchev–Trinajstić information content (AvgIpc) is 2.78. The van der Waals surface area contributed by atoms with Crippen LogP contribution >= 0.6 is 11.8 Å². The van der Waals surface area contributed by atoms with Crippen molar-refractivity contribution in [3.63, 3.8) is 0 Å². The number of carbonyl (C=O) groups is 1. The van der Waals surface area contributed by atoms with Gasteiger partial charge in [-0.15, -0.1) is 0 Å². The van der Waals surface area contributed by atoms with Crippen LogP contribution in [0.1, 0.15) is 17.0 Å². The minimum Gasteiger partial charge on any atom is -0.361 e. The maximum atomic E-state index is 12.4. The van der Waals surface area contributed by atoms with E-state index in [2.05, 4.69) is 10.5 Å². The number of aromatic nitrogens is 1. The summed E-state index contributed by atoms with van der Waals surface area (Å²) in [6.45, 7) is 3.94. The Bertz CT molecular complexity index is 672. The van der Waals surface area contributed by atoms with Gasteiger partial charge in [0.25, 0.3) is 5.76 Å². The summed E-state index contributed by atoms with van der Waals surface area (Å²) < 4.78 is 29.8. The van der Waals surface area contributed by atoms with Crippen LogP contribution in [0.15, 0.2) is 33.7 Å². The summed E-state index contributed by atoms with van der Waals surface area (Å²) in [5.74, 6) is -1.83. The molecule has 2 amide bonds. The first kappa shape index (κ1) is 17.3. The summed E-state index contributed by atoms with van der Waals surface area (Å²) in [5, 5.41) is 6.53. The summed E-state index contributed by atoms with van der Waals surface area (Å²) in [5.41, 5.74) is 2.05. The monoisotopic (exact) mass is 341 g/mol. The van der Waals surface area contributed by atoms with Crippen molar-refractivity contribution in [2.75, 3.05) is 12.4 Å². The van der Waals surface area contributed by atoms with E-state index < -0.39 is 5.76 Å². The molecule has 1 aromatic carbocycles. The maximum Gasteiger partial charge on any atom is 0.321 e. The first-order valence-corrected chi connectivity index (χ1v) is 7.73. The second-order valence-electron chi connectivity index (χ2n) is 5.00. The largest absolute Gasteiger partial charge is 0.361 e. The number of amides is 2. The summed E-state index contributed by atoms with van der Waals surface area (Å²) in [7, 11) is 1.64. The van der Waals surface area contributed by atoms with E-state index in [4.69, 9.17) is 4.52 Å². The molecule has 0 fully saturated rings. The van der Waals surface area contributed by atoms with Gasteiger partial charge in [-0.25, -0.2) is 4.79 Å². The van der Waals surface area contributed by atoms with Gasteiger partial charge in [-0.1, -0.05) is 23.0 Å². The molecule has 0 radical (unpaired) electrons. The predicted octanol–water partition coefficient (Wildman–Crippen LogP) is 4.27. The van der Waals surface area contributed by atoms with E-state index in [0.29, 0.717) is 34.6 Å². The van der Waals surface area contributed by atoms with Crippen molar-refractivity contribution in [3.8, 4) is 0 Å². The molecule has 0 unspecified atom stereocenters. The first-order chi connectivity index (χ1) is 10.9. The smallest absolute Gasteiger partial charge is 0.321 e. The fourth-order valence-electron chi connectivity index (χ4n) is 2.01. The Morgan fingerprint density at radius 3 is 2.78 bits per heavy atom. The van der Waals surface area contributed by atoms with Gasteiger partial charge in [0.1, 0.15) is 5.76 Å². The zero-order valence-corrected chi connectivity index (χ0v) is 13.8. The lowest BCUT2D eigenvalue weighted by atomic mass is 10.2. The molecule has 23 heavy (non-hydrogen) atoms. The van der Waals surface area contributed by atoms with E-state index in [1.807, 2.05) is 6.92 Å². The Morgan fingerprint density at radius 1 is 1.43 bits per heavy atom. The molecule has 2 rings (SSSR count). The minimum atomic E-state index is -2.50. The van der Waals surface area contributed by atoms with Crippen molar-refractivity contribution in [1.82, 2.24) is 10.1 Å². The third-order valence-electron chi connectivity index (χ3n) is 3.23. The Hall–Kier alpha value is -2.09. The van der Waals surface area contributed by atoms with Gasteiger partial charge in [0.15, 0.2) is 0 Å². The zero-order valence-electron chi connectivity index (χ0n) is 13.0. The molecular formula is C15H17F2N3O2S. The van der Waals surface area contributed by atoms with Gasteiger partial charge >= 0.3 is 6.03 Å². The molecule has 2 aromatic rings. The fraction of sp³-hybridized carbons (Fsp3) is 0.333. The van der Waals surface area contributed by atoms with Crippen LogP contribution in [0.3, 0.4) is 0 Å². The molecule has 0 saturated carbocycles. The average molecular weight is 341 g/mol. The number of rotatable bonds is 5. The highest BCUT2D eigenvalue weighted by Crippen LogP contribution is 2.27. The number of nitrogens with zero attached hydrogens (tertiary/aromatic N) is 2. The SMILES string of the molecule is Cc1noc(C)c1CN(C)C(=O)Nc1cccc(SC(F)F)c1. The van der Waals surface area contributed by atoms with E-state index >= 15 is 0 Å². The third-order valence-corrected chi connectivity index (χ3v) is 3.94. The molecule has 0 saturated heterocycles. The standard InChI is InChI=1S/C15H17F2N3O2S/c1-9-13(10(2)22-19-9)8-20(3)15(21)18-11-5-4-6-12(7-11)23-14(16)17/h4-7,14H,8H2,1-3H3,(H,18,21). The van der Waals surface area contributed by atoms with Crippen molar-refractivity contribution in [2.24, 2.45) is 0 Å². The summed E-state index contributed by atoms with van der Waals surface area (Å²) in [6.07, 6.45) is 0. The molecule has 124 valence electrons. The predicted molar refractivity (Wildman–Crippen MR) is 84.8 cm³/mol. The molecule has 1 heterocycles. The minimum absolute atomic E-state index is 0.343. The molecule has 0 aliphatic carbocycles. The number of halogens is 2. The van der Waals surface area contributed by atoms with Crippen LogP contribution < -0.4 is 5.32 Å². The van der Waals surface area contributed by atoms with Gasteiger partial charge in [0, 0.05) is 23.2 Å². The number of aryl methyl sites for hydroxylation is 2. The van der Waals surface area contributed by atoms with Crippen LogP contribution in [0, 0.1) is 13.8 Å². The molecule has 0 spiro atoms. The number of hydrogen-bond donors (Lipinski definition) is 1. The van der Waals surface area contributed by atoms with Gasteiger partial charge < -0.3 is 14.7 Å². The lowest BCUT2D eigenvalue weighted by Gasteiger charge is -2.18. The number of alkyl halides is 2. The highest BCUT2D eigenvalue weighted by molar-refractivity contribution is 7.99. The molecular weight excluding hydrogens is 324 g/mol. The van der Waals surface area contributed by atoms with E-state index in [1.165, 1.54) is 11.0 Å². The topological polar surface area (TPSA) is 58.4 Å². The normalized spacial score (nSPS) is 10.9.